The van der Waals surface area contributed by atoms with E-state index in [9.17, 15) is 13.2 Å². The Bertz CT molecular complexity index is 300. The van der Waals surface area contributed by atoms with Crippen LogP contribution < -0.4 is 0 Å². The Morgan fingerprint density at radius 2 is 2.08 bits per heavy atom. The number of aliphatic hydroxyl groups excluding tert-OH is 1. The quantitative estimate of drug-likeness (QED) is 0.731. The van der Waals surface area contributed by atoms with Gasteiger partial charge in [-0.05, 0) is 6.92 Å². The first-order valence-corrected chi connectivity index (χ1v) is 3.44. The highest BCUT2D eigenvalue weighted by atomic mass is 19.4. The van der Waals surface area contributed by atoms with Crippen LogP contribution in [0.2, 0.25) is 0 Å². The molecule has 0 spiro atoms. The van der Waals surface area contributed by atoms with E-state index < -0.39 is 12.3 Å². The standard InChI is InChI=1S/C7H7F3N2O/c1-4-5(2-11-3-12-4)6(13)7(8,9)10/h2-3,6,13H,1H3. The monoisotopic (exact) mass is 192 g/mol. The zero-order valence-electron chi connectivity index (χ0n) is 6.71. The SMILES string of the molecule is Cc1ncncc1C(O)C(F)(F)F. The molecule has 13 heavy (non-hydrogen) atoms. The van der Waals surface area contributed by atoms with Gasteiger partial charge in [-0.15, -0.1) is 0 Å². The van der Waals surface area contributed by atoms with E-state index in [4.69, 9.17) is 5.11 Å². The topological polar surface area (TPSA) is 46.0 Å². The maximum absolute atomic E-state index is 12.0. The number of hydrogen-bond donors (Lipinski definition) is 1. The molecule has 1 heterocycles. The van der Waals surface area contributed by atoms with Crippen molar-refractivity contribution in [3.8, 4) is 0 Å². The molecule has 1 rings (SSSR count). The number of aryl methyl sites for hydroxylation is 1. The average molecular weight is 192 g/mol. The minimum absolute atomic E-state index is 0.125. The molecule has 0 radical (unpaired) electrons. The highest BCUT2D eigenvalue weighted by molar-refractivity contribution is 5.18. The second kappa shape index (κ2) is 3.29. The molecule has 1 atom stereocenters. The molecule has 72 valence electrons. The summed E-state index contributed by atoms with van der Waals surface area (Å²) in [5.41, 5.74) is -0.185. The molecule has 0 saturated carbocycles. The summed E-state index contributed by atoms with van der Waals surface area (Å²) < 4.78 is 36.0. The van der Waals surface area contributed by atoms with Gasteiger partial charge in [0.15, 0.2) is 6.10 Å². The van der Waals surface area contributed by atoms with Crippen molar-refractivity contribution in [2.75, 3.05) is 0 Å². The van der Waals surface area contributed by atoms with Crippen LogP contribution in [0.1, 0.15) is 17.4 Å². The Balaban J connectivity index is 3.02. The molecule has 3 nitrogen and oxygen atoms in total. The molecule has 0 amide bonds. The molecule has 1 unspecified atom stereocenters. The molecule has 0 saturated heterocycles. The minimum atomic E-state index is -4.67. The van der Waals surface area contributed by atoms with Crippen LogP contribution in [0.4, 0.5) is 13.2 Å². The summed E-state index contributed by atoms with van der Waals surface area (Å²) in [7, 11) is 0. The lowest BCUT2D eigenvalue weighted by atomic mass is 10.1. The van der Waals surface area contributed by atoms with Crippen molar-refractivity contribution in [3.05, 3.63) is 23.8 Å². The summed E-state index contributed by atoms with van der Waals surface area (Å²) in [5, 5.41) is 8.83. The van der Waals surface area contributed by atoms with Crippen LogP contribution >= 0.6 is 0 Å². The van der Waals surface area contributed by atoms with Crippen molar-refractivity contribution in [3.63, 3.8) is 0 Å². The number of hydrogen-bond acceptors (Lipinski definition) is 3. The van der Waals surface area contributed by atoms with E-state index >= 15 is 0 Å². The number of rotatable bonds is 1. The van der Waals surface area contributed by atoms with Gasteiger partial charge in [0.25, 0.3) is 0 Å². The third kappa shape index (κ3) is 2.15. The molecular formula is C7H7F3N2O. The molecule has 1 N–H and O–H groups in total. The number of halogens is 3. The zero-order chi connectivity index (χ0) is 10.1. The van der Waals surface area contributed by atoms with E-state index in [1.165, 1.54) is 6.92 Å². The molecule has 0 fully saturated rings. The minimum Gasteiger partial charge on any atom is -0.379 e. The number of aliphatic hydroxyl groups is 1. The summed E-state index contributed by atoms with van der Waals surface area (Å²) in [6.07, 6.45) is -5.09. The van der Waals surface area contributed by atoms with Crippen molar-refractivity contribution in [2.24, 2.45) is 0 Å². The largest absolute Gasteiger partial charge is 0.418 e. The maximum Gasteiger partial charge on any atom is 0.418 e. The highest BCUT2D eigenvalue weighted by Crippen LogP contribution is 2.32. The van der Waals surface area contributed by atoms with E-state index in [1.807, 2.05) is 0 Å². The van der Waals surface area contributed by atoms with Gasteiger partial charge in [-0.2, -0.15) is 13.2 Å². The molecule has 1 aromatic rings. The molecule has 0 aliphatic rings. The summed E-state index contributed by atoms with van der Waals surface area (Å²) in [6.45, 7) is 1.38. The molecule has 1 aromatic heterocycles. The maximum atomic E-state index is 12.0. The van der Waals surface area contributed by atoms with Crippen LogP contribution in [0.25, 0.3) is 0 Å². The van der Waals surface area contributed by atoms with Gasteiger partial charge < -0.3 is 5.11 Å². The number of alkyl halides is 3. The van der Waals surface area contributed by atoms with Gasteiger partial charge in [-0.25, -0.2) is 9.97 Å². The van der Waals surface area contributed by atoms with Gasteiger partial charge in [-0.3, -0.25) is 0 Å². The summed E-state index contributed by atoms with van der Waals surface area (Å²) in [6, 6.07) is 0. The number of nitrogens with zero attached hydrogens (tertiary/aromatic N) is 2. The van der Waals surface area contributed by atoms with Gasteiger partial charge in [0.2, 0.25) is 0 Å². The van der Waals surface area contributed by atoms with Gasteiger partial charge in [0.05, 0.1) is 0 Å². The molecule has 6 heteroatoms. The van der Waals surface area contributed by atoms with Crippen molar-refractivity contribution in [1.82, 2.24) is 9.97 Å². The Morgan fingerprint density at radius 3 is 2.54 bits per heavy atom. The van der Waals surface area contributed by atoms with Gasteiger partial charge >= 0.3 is 6.18 Å². The zero-order valence-corrected chi connectivity index (χ0v) is 6.71. The fourth-order valence-corrected chi connectivity index (χ4v) is 0.846. The Morgan fingerprint density at radius 1 is 1.46 bits per heavy atom. The van der Waals surface area contributed by atoms with Gasteiger partial charge in [0.1, 0.15) is 6.33 Å². The summed E-state index contributed by atoms with van der Waals surface area (Å²) >= 11 is 0. The van der Waals surface area contributed by atoms with Crippen molar-refractivity contribution >= 4 is 0 Å². The third-order valence-electron chi connectivity index (χ3n) is 1.55. The van der Waals surface area contributed by atoms with Crippen LogP contribution in [0.3, 0.4) is 0 Å². The number of aromatic nitrogens is 2. The van der Waals surface area contributed by atoms with Crippen LogP contribution in [0.15, 0.2) is 12.5 Å². The lowest BCUT2D eigenvalue weighted by Crippen LogP contribution is -2.21. The van der Waals surface area contributed by atoms with E-state index in [2.05, 4.69) is 9.97 Å². The second-order valence-electron chi connectivity index (χ2n) is 2.51. The smallest absolute Gasteiger partial charge is 0.379 e. The highest BCUT2D eigenvalue weighted by Gasteiger charge is 2.40. The van der Waals surface area contributed by atoms with Crippen molar-refractivity contribution in [2.45, 2.75) is 19.2 Å². The van der Waals surface area contributed by atoms with Gasteiger partial charge in [0, 0.05) is 17.5 Å². The first kappa shape index (κ1) is 9.91. The lowest BCUT2D eigenvalue weighted by Gasteiger charge is -2.15. The van der Waals surface area contributed by atoms with Gasteiger partial charge in [-0.1, -0.05) is 0 Å². The molecule has 0 aliphatic heterocycles. The van der Waals surface area contributed by atoms with E-state index in [1.54, 1.807) is 0 Å². The first-order chi connectivity index (χ1) is 5.93. The molecular weight excluding hydrogens is 185 g/mol. The fraction of sp³-hybridized carbons (Fsp3) is 0.429. The van der Waals surface area contributed by atoms with Crippen molar-refractivity contribution < 1.29 is 18.3 Å². The van der Waals surface area contributed by atoms with E-state index in [0.29, 0.717) is 0 Å². The second-order valence-corrected chi connectivity index (χ2v) is 2.51. The van der Waals surface area contributed by atoms with Crippen LogP contribution in [-0.4, -0.2) is 21.3 Å². The van der Waals surface area contributed by atoms with Crippen LogP contribution in [0, 0.1) is 6.92 Å². The van der Waals surface area contributed by atoms with Crippen molar-refractivity contribution in [1.29, 1.82) is 0 Å². The third-order valence-corrected chi connectivity index (χ3v) is 1.55. The Kier molecular flexibility index (Phi) is 2.51. The van der Waals surface area contributed by atoms with E-state index in [-0.39, 0.29) is 11.3 Å². The molecule has 0 aliphatic carbocycles. The summed E-state index contributed by atoms with van der Waals surface area (Å²) in [4.78, 5) is 6.95. The average Bonchev–Trinajstić information content (AvgIpc) is 2.02. The Hall–Kier alpha value is -1.17. The predicted octanol–water partition coefficient (Wildman–Crippen LogP) is 1.38. The molecule has 0 aromatic carbocycles. The fourth-order valence-electron chi connectivity index (χ4n) is 0.846. The van der Waals surface area contributed by atoms with Crippen LogP contribution in [0.5, 0.6) is 0 Å². The normalized spacial score (nSPS) is 14.2. The van der Waals surface area contributed by atoms with E-state index in [0.717, 1.165) is 12.5 Å². The predicted molar refractivity (Wildman–Crippen MR) is 37.8 cm³/mol. The first-order valence-electron chi connectivity index (χ1n) is 3.44. The molecule has 0 bridgehead atoms. The van der Waals surface area contributed by atoms with Crippen LogP contribution in [-0.2, 0) is 0 Å². The Labute approximate surface area is 72.3 Å². The lowest BCUT2D eigenvalue weighted by molar-refractivity contribution is -0.207. The summed E-state index contributed by atoms with van der Waals surface area (Å²) in [5.74, 6) is 0.